The lowest BCUT2D eigenvalue weighted by Gasteiger charge is -2.08. The number of aromatic nitrogens is 4. The predicted octanol–water partition coefficient (Wildman–Crippen LogP) is 3.98. The van der Waals surface area contributed by atoms with Crippen LogP contribution in [0.15, 0.2) is 61.1 Å². The third-order valence-electron chi connectivity index (χ3n) is 4.19. The Morgan fingerprint density at radius 3 is 2.76 bits per heavy atom. The van der Waals surface area contributed by atoms with Gasteiger partial charge in [-0.2, -0.15) is 0 Å². The number of rotatable bonds is 5. The third kappa shape index (κ3) is 3.35. The first-order valence-electron chi connectivity index (χ1n) is 8.34. The first-order chi connectivity index (χ1) is 12.3. The van der Waals surface area contributed by atoms with Crippen LogP contribution in [0.3, 0.4) is 0 Å². The Hall–Kier alpha value is -3.21. The van der Waals surface area contributed by atoms with E-state index in [1.165, 1.54) is 16.5 Å². The number of para-hydroxylation sites is 1. The van der Waals surface area contributed by atoms with Gasteiger partial charge in [-0.25, -0.2) is 9.97 Å². The van der Waals surface area contributed by atoms with E-state index >= 15 is 0 Å². The number of nitrogens with zero attached hydrogens (tertiary/aromatic N) is 3. The number of benzene rings is 1. The van der Waals surface area contributed by atoms with E-state index in [4.69, 9.17) is 0 Å². The first kappa shape index (κ1) is 15.3. The number of hydrogen-bond acceptors (Lipinski definition) is 4. The summed E-state index contributed by atoms with van der Waals surface area (Å²) in [5, 5.41) is 4.70. The highest BCUT2D eigenvalue weighted by molar-refractivity contribution is 5.83. The second-order valence-corrected chi connectivity index (χ2v) is 5.96. The minimum Gasteiger partial charge on any atom is -0.370 e. The molecule has 4 rings (SSSR count). The predicted molar refractivity (Wildman–Crippen MR) is 100 cm³/mol. The number of aryl methyl sites for hydroxylation is 1. The van der Waals surface area contributed by atoms with Gasteiger partial charge in [-0.05, 0) is 37.1 Å². The lowest BCUT2D eigenvalue weighted by molar-refractivity contribution is 0.988. The number of aromatic amines is 1. The molecule has 0 aliphatic carbocycles. The fraction of sp³-hybridized carbons (Fsp3) is 0.150. The van der Waals surface area contributed by atoms with Gasteiger partial charge in [-0.15, -0.1) is 0 Å². The summed E-state index contributed by atoms with van der Waals surface area (Å²) >= 11 is 0. The van der Waals surface area contributed by atoms with Crippen molar-refractivity contribution < 1.29 is 0 Å². The smallest absolute Gasteiger partial charge is 0.130 e. The summed E-state index contributed by atoms with van der Waals surface area (Å²) in [7, 11) is 0. The van der Waals surface area contributed by atoms with Crippen molar-refractivity contribution >= 4 is 16.7 Å². The number of anilines is 1. The van der Waals surface area contributed by atoms with Crippen LogP contribution >= 0.6 is 0 Å². The molecule has 124 valence electrons. The molecule has 0 spiro atoms. The molecule has 0 fully saturated rings. The van der Waals surface area contributed by atoms with Crippen LogP contribution in [0.4, 0.5) is 5.82 Å². The molecule has 0 unspecified atom stereocenters. The first-order valence-corrected chi connectivity index (χ1v) is 8.34. The molecule has 0 bridgehead atoms. The Balaban J connectivity index is 1.49. The van der Waals surface area contributed by atoms with Gasteiger partial charge in [-0.1, -0.05) is 18.2 Å². The largest absolute Gasteiger partial charge is 0.370 e. The molecule has 3 aromatic heterocycles. The molecule has 5 heteroatoms. The Bertz CT molecular complexity index is 991. The summed E-state index contributed by atoms with van der Waals surface area (Å²) in [6.45, 7) is 2.73. The van der Waals surface area contributed by atoms with Gasteiger partial charge in [0, 0.05) is 47.7 Å². The molecular weight excluding hydrogens is 310 g/mol. The zero-order chi connectivity index (χ0) is 17.1. The highest BCUT2D eigenvalue weighted by Crippen LogP contribution is 2.20. The van der Waals surface area contributed by atoms with E-state index in [0.717, 1.165) is 35.9 Å². The van der Waals surface area contributed by atoms with E-state index < -0.39 is 0 Å². The summed E-state index contributed by atoms with van der Waals surface area (Å²) in [5.74, 6) is 1.60. The van der Waals surface area contributed by atoms with Crippen LogP contribution in [0.5, 0.6) is 0 Å². The van der Waals surface area contributed by atoms with Crippen molar-refractivity contribution in [2.45, 2.75) is 13.3 Å². The number of fused-ring (bicyclic) bond motifs is 1. The van der Waals surface area contributed by atoms with E-state index in [-0.39, 0.29) is 0 Å². The third-order valence-corrected chi connectivity index (χ3v) is 4.19. The van der Waals surface area contributed by atoms with Crippen LogP contribution in [0.2, 0.25) is 0 Å². The average Bonchev–Trinajstić information content (AvgIpc) is 3.05. The standard InChI is InChI=1S/C20H19N5/c1-14-24-19(15-6-9-21-10-7-15)12-20(25-14)22-11-8-16-13-23-18-5-3-2-4-17(16)18/h2-7,9-10,12-13,23H,8,11H2,1H3,(H,22,24,25). The van der Waals surface area contributed by atoms with Crippen LogP contribution in [-0.4, -0.2) is 26.5 Å². The van der Waals surface area contributed by atoms with Gasteiger partial charge in [0.25, 0.3) is 0 Å². The molecule has 2 N–H and O–H groups in total. The molecule has 5 nitrogen and oxygen atoms in total. The molecule has 3 heterocycles. The number of pyridine rings is 1. The number of hydrogen-bond donors (Lipinski definition) is 2. The topological polar surface area (TPSA) is 66.5 Å². The van der Waals surface area contributed by atoms with Crippen LogP contribution in [0.1, 0.15) is 11.4 Å². The van der Waals surface area contributed by atoms with E-state index in [9.17, 15) is 0 Å². The molecule has 0 amide bonds. The average molecular weight is 329 g/mol. The summed E-state index contributed by atoms with van der Waals surface area (Å²) in [4.78, 5) is 16.4. The second kappa shape index (κ2) is 6.73. The van der Waals surface area contributed by atoms with Crippen molar-refractivity contribution in [3.63, 3.8) is 0 Å². The SMILES string of the molecule is Cc1nc(NCCc2c[nH]c3ccccc23)cc(-c2ccncc2)n1. The van der Waals surface area contributed by atoms with Crippen LogP contribution in [0, 0.1) is 6.92 Å². The molecule has 0 aliphatic rings. The maximum Gasteiger partial charge on any atom is 0.130 e. The van der Waals surface area contributed by atoms with Crippen molar-refractivity contribution in [3.05, 3.63) is 72.4 Å². The molecule has 25 heavy (non-hydrogen) atoms. The van der Waals surface area contributed by atoms with Gasteiger partial charge in [0.2, 0.25) is 0 Å². The van der Waals surface area contributed by atoms with E-state index in [1.54, 1.807) is 12.4 Å². The van der Waals surface area contributed by atoms with Crippen molar-refractivity contribution in [3.8, 4) is 11.3 Å². The summed E-state index contributed by atoms with van der Waals surface area (Å²) < 4.78 is 0. The molecule has 0 saturated heterocycles. The molecule has 0 atom stereocenters. The van der Waals surface area contributed by atoms with Crippen LogP contribution < -0.4 is 5.32 Å². The molecule has 4 aromatic rings. The zero-order valence-electron chi connectivity index (χ0n) is 14.0. The van der Waals surface area contributed by atoms with E-state index in [0.29, 0.717) is 0 Å². The highest BCUT2D eigenvalue weighted by Gasteiger charge is 2.06. The summed E-state index contributed by atoms with van der Waals surface area (Å²) in [5.41, 5.74) is 4.43. The van der Waals surface area contributed by atoms with Gasteiger partial charge in [-0.3, -0.25) is 4.98 Å². The van der Waals surface area contributed by atoms with Crippen molar-refractivity contribution in [2.75, 3.05) is 11.9 Å². The van der Waals surface area contributed by atoms with Crippen molar-refractivity contribution in [2.24, 2.45) is 0 Å². The Morgan fingerprint density at radius 2 is 1.88 bits per heavy atom. The molecule has 0 radical (unpaired) electrons. The Labute approximate surface area is 146 Å². The Morgan fingerprint density at radius 1 is 1.04 bits per heavy atom. The maximum absolute atomic E-state index is 4.52. The summed E-state index contributed by atoms with van der Waals surface area (Å²) in [6.07, 6.45) is 6.56. The van der Waals surface area contributed by atoms with Crippen LogP contribution in [-0.2, 0) is 6.42 Å². The van der Waals surface area contributed by atoms with Crippen molar-refractivity contribution in [1.29, 1.82) is 0 Å². The maximum atomic E-state index is 4.52. The monoisotopic (exact) mass is 329 g/mol. The quantitative estimate of drug-likeness (QED) is 0.581. The fourth-order valence-corrected chi connectivity index (χ4v) is 2.99. The van der Waals surface area contributed by atoms with Gasteiger partial charge < -0.3 is 10.3 Å². The van der Waals surface area contributed by atoms with Crippen LogP contribution in [0.25, 0.3) is 22.2 Å². The summed E-state index contributed by atoms with van der Waals surface area (Å²) in [6, 6.07) is 14.3. The minimum absolute atomic E-state index is 0.754. The minimum atomic E-state index is 0.754. The van der Waals surface area contributed by atoms with Gasteiger partial charge in [0.1, 0.15) is 11.6 Å². The van der Waals surface area contributed by atoms with E-state index in [1.807, 2.05) is 31.2 Å². The second-order valence-electron chi connectivity index (χ2n) is 5.96. The zero-order valence-corrected chi connectivity index (χ0v) is 14.0. The van der Waals surface area contributed by atoms with Gasteiger partial charge >= 0.3 is 0 Å². The molecule has 0 saturated carbocycles. The highest BCUT2D eigenvalue weighted by atomic mass is 15.0. The number of nitrogens with one attached hydrogen (secondary N) is 2. The lowest BCUT2D eigenvalue weighted by atomic mass is 10.1. The molecule has 0 aliphatic heterocycles. The molecular formula is C20H19N5. The van der Waals surface area contributed by atoms with Gasteiger partial charge in [0.15, 0.2) is 0 Å². The number of H-pyrrole nitrogens is 1. The normalized spacial score (nSPS) is 10.9. The fourth-order valence-electron chi connectivity index (χ4n) is 2.99. The Kier molecular flexibility index (Phi) is 4.12. The van der Waals surface area contributed by atoms with Crippen molar-refractivity contribution in [1.82, 2.24) is 19.9 Å². The lowest BCUT2D eigenvalue weighted by Crippen LogP contribution is -2.07. The van der Waals surface area contributed by atoms with Gasteiger partial charge in [0.05, 0.1) is 5.69 Å². The van der Waals surface area contributed by atoms with E-state index in [2.05, 4.69) is 49.6 Å². The molecule has 1 aromatic carbocycles.